The highest BCUT2D eigenvalue weighted by molar-refractivity contribution is 7.13. The Kier molecular flexibility index (Phi) is 6.06. The van der Waals surface area contributed by atoms with Gasteiger partial charge in [0.2, 0.25) is 0 Å². The lowest BCUT2D eigenvalue weighted by Gasteiger charge is -2.26. The van der Waals surface area contributed by atoms with Crippen LogP contribution in [0.15, 0.2) is 29.6 Å². The summed E-state index contributed by atoms with van der Waals surface area (Å²) in [5, 5.41) is 16.0. The van der Waals surface area contributed by atoms with Gasteiger partial charge in [-0.2, -0.15) is 0 Å². The van der Waals surface area contributed by atoms with Gasteiger partial charge in [0.05, 0.1) is 11.0 Å². The van der Waals surface area contributed by atoms with E-state index in [1.807, 2.05) is 6.92 Å². The van der Waals surface area contributed by atoms with Crippen molar-refractivity contribution >= 4 is 29.0 Å². The minimum absolute atomic E-state index is 0.0280. The van der Waals surface area contributed by atoms with Crippen LogP contribution in [0.1, 0.15) is 44.6 Å². The summed E-state index contributed by atoms with van der Waals surface area (Å²) in [4.78, 5) is 41.6. The summed E-state index contributed by atoms with van der Waals surface area (Å²) in [7, 11) is 0. The van der Waals surface area contributed by atoms with Crippen LogP contribution in [-0.4, -0.2) is 51.0 Å². The Balaban J connectivity index is 1.68. The molecule has 0 saturated carbocycles. The van der Waals surface area contributed by atoms with E-state index in [0.29, 0.717) is 23.5 Å². The fourth-order valence-electron chi connectivity index (χ4n) is 3.28. The molecule has 2 atom stereocenters. The molecule has 1 fully saturated rings. The number of likely N-dealkylation sites (tertiary alicyclic amines) is 1. The first-order valence-corrected chi connectivity index (χ1v) is 10.4. The number of hydrogen-bond donors (Lipinski definition) is 1. The summed E-state index contributed by atoms with van der Waals surface area (Å²) >= 11 is 1.26. The first kappa shape index (κ1) is 21.7. The van der Waals surface area contributed by atoms with Crippen molar-refractivity contribution in [2.45, 2.75) is 51.8 Å². The van der Waals surface area contributed by atoms with Crippen molar-refractivity contribution in [1.82, 2.24) is 15.2 Å². The highest BCUT2D eigenvalue weighted by Gasteiger charge is 2.36. The van der Waals surface area contributed by atoms with Gasteiger partial charge in [0.15, 0.2) is 0 Å². The highest BCUT2D eigenvalue weighted by atomic mass is 32.1. The van der Waals surface area contributed by atoms with Crippen LogP contribution in [0, 0.1) is 10.1 Å². The van der Waals surface area contributed by atoms with Gasteiger partial charge in [-0.15, -0.1) is 11.3 Å². The van der Waals surface area contributed by atoms with Gasteiger partial charge in [-0.25, -0.2) is 9.78 Å². The van der Waals surface area contributed by atoms with Crippen LogP contribution in [-0.2, 0) is 4.74 Å². The van der Waals surface area contributed by atoms with Crippen molar-refractivity contribution in [3.05, 3.63) is 45.5 Å². The maximum absolute atomic E-state index is 13.0. The van der Waals surface area contributed by atoms with Crippen LogP contribution < -0.4 is 5.32 Å². The van der Waals surface area contributed by atoms with E-state index in [9.17, 15) is 19.7 Å². The molecule has 0 aliphatic carbocycles. The molecule has 0 radical (unpaired) electrons. The number of thiazole rings is 1. The number of ether oxygens (including phenoxy) is 1. The second-order valence-electron chi connectivity index (χ2n) is 8.13. The van der Waals surface area contributed by atoms with Crippen LogP contribution in [0.4, 0.5) is 10.5 Å². The van der Waals surface area contributed by atoms with E-state index >= 15 is 0 Å². The summed E-state index contributed by atoms with van der Waals surface area (Å²) in [5.74, 6) is -0.232. The van der Waals surface area contributed by atoms with Gasteiger partial charge >= 0.3 is 6.09 Å². The molecule has 3 rings (SSSR count). The van der Waals surface area contributed by atoms with Gasteiger partial charge in [0.25, 0.3) is 11.6 Å². The fraction of sp³-hybridized carbons (Fsp3) is 0.450. The van der Waals surface area contributed by atoms with E-state index in [4.69, 9.17) is 4.74 Å². The number of carbonyl (C=O) groups is 2. The molecule has 10 heteroatoms. The monoisotopic (exact) mass is 432 g/mol. The summed E-state index contributed by atoms with van der Waals surface area (Å²) in [5.41, 5.74) is 0.253. The standard InChI is InChI=1S/C20H24N4O5S/c1-12-15(22-19(26)29-20(2,3)4)8-9-23(12)18(25)16-11-30-17(21-16)13-6-5-7-14(10-13)24(27)28/h5-7,10-12,15H,8-9H2,1-4H3,(H,22,26). The zero-order valence-electron chi connectivity index (χ0n) is 17.2. The minimum atomic E-state index is -0.592. The van der Waals surface area contributed by atoms with Crippen molar-refractivity contribution < 1.29 is 19.2 Å². The van der Waals surface area contributed by atoms with Crippen LogP contribution in [0.25, 0.3) is 10.6 Å². The van der Waals surface area contributed by atoms with E-state index in [-0.39, 0.29) is 29.4 Å². The van der Waals surface area contributed by atoms with Crippen molar-refractivity contribution in [2.24, 2.45) is 0 Å². The van der Waals surface area contributed by atoms with E-state index in [1.54, 1.807) is 43.2 Å². The maximum atomic E-state index is 13.0. The Morgan fingerprint density at radius 1 is 1.37 bits per heavy atom. The number of benzene rings is 1. The van der Waals surface area contributed by atoms with Gasteiger partial charge < -0.3 is 15.0 Å². The zero-order valence-corrected chi connectivity index (χ0v) is 18.1. The SMILES string of the molecule is CC1C(NC(=O)OC(C)(C)C)CCN1C(=O)c1csc(-c2cccc([N+](=O)[O-])c2)n1. The molecule has 2 amide bonds. The van der Waals surface area contributed by atoms with E-state index in [2.05, 4.69) is 10.3 Å². The van der Waals surface area contributed by atoms with Gasteiger partial charge in [-0.05, 0) is 34.1 Å². The number of non-ortho nitro benzene ring substituents is 1. The number of rotatable bonds is 4. The Labute approximate surface area is 178 Å². The number of alkyl carbamates (subject to hydrolysis) is 1. The largest absolute Gasteiger partial charge is 0.444 e. The summed E-state index contributed by atoms with van der Waals surface area (Å²) in [6.07, 6.45) is 0.115. The first-order valence-electron chi connectivity index (χ1n) is 9.56. The lowest BCUT2D eigenvalue weighted by atomic mass is 10.1. The third-order valence-electron chi connectivity index (χ3n) is 4.75. The Morgan fingerprint density at radius 3 is 2.77 bits per heavy atom. The Morgan fingerprint density at radius 2 is 2.10 bits per heavy atom. The fourth-order valence-corrected chi connectivity index (χ4v) is 4.07. The predicted octanol–water partition coefficient (Wildman–Crippen LogP) is 3.85. The van der Waals surface area contributed by atoms with E-state index in [0.717, 1.165) is 0 Å². The molecule has 1 N–H and O–H groups in total. The zero-order chi connectivity index (χ0) is 22.1. The van der Waals surface area contributed by atoms with Crippen molar-refractivity contribution in [1.29, 1.82) is 0 Å². The number of nitrogens with zero attached hydrogens (tertiary/aromatic N) is 3. The predicted molar refractivity (Wildman–Crippen MR) is 112 cm³/mol. The second-order valence-corrected chi connectivity index (χ2v) is 8.98. The molecular formula is C20H24N4O5S. The Hall–Kier alpha value is -3.01. The summed E-state index contributed by atoms with van der Waals surface area (Å²) in [6.45, 7) is 7.75. The van der Waals surface area contributed by atoms with Gasteiger partial charge in [0.1, 0.15) is 16.3 Å². The van der Waals surface area contributed by atoms with Crippen molar-refractivity contribution in [2.75, 3.05) is 6.54 Å². The van der Waals surface area contributed by atoms with Crippen molar-refractivity contribution in [3.8, 4) is 10.6 Å². The van der Waals surface area contributed by atoms with Crippen LogP contribution in [0.5, 0.6) is 0 Å². The molecule has 160 valence electrons. The first-order chi connectivity index (χ1) is 14.0. The second kappa shape index (κ2) is 8.39. The number of hydrogen-bond acceptors (Lipinski definition) is 7. The number of carbonyl (C=O) groups excluding carboxylic acids is 2. The molecule has 1 aliphatic rings. The van der Waals surface area contributed by atoms with Crippen LogP contribution >= 0.6 is 11.3 Å². The summed E-state index contributed by atoms with van der Waals surface area (Å²) in [6, 6.07) is 5.73. The number of nitro groups is 1. The number of amides is 2. The van der Waals surface area contributed by atoms with Crippen molar-refractivity contribution in [3.63, 3.8) is 0 Å². The summed E-state index contributed by atoms with van der Waals surface area (Å²) < 4.78 is 5.29. The quantitative estimate of drug-likeness (QED) is 0.580. The molecule has 0 bridgehead atoms. The normalized spacial score (nSPS) is 18.9. The van der Waals surface area contributed by atoms with E-state index < -0.39 is 16.6 Å². The molecule has 2 aromatic rings. The number of nitrogens with one attached hydrogen (secondary N) is 1. The average molecular weight is 433 g/mol. The van der Waals surface area contributed by atoms with Gasteiger partial charge in [-0.3, -0.25) is 14.9 Å². The molecule has 2 unspecified atom stereocenters. The molecule has 1 aliphatic heterocycles. The molecule has 2 heterocycles. The molecule has 0 spiro atoms. The number of nitro benzene ring substituents is 1. The molecule has 30 heavy (non-hydrogen) atoms. The number of aromatic nitrogens is 1. The lowest BCUT2D eigenvalue weighted by molar-refractivity contribution is -0.384. The van der Waals surface area contributed by atoms with Crippen LogP contribution in [0.2, 0.25) is 0 Å². The van der Waals surface area contributed by atoms with Gasteiger partial charge in [-0.1, -0.05) is 12.1 Å². The Bertz CT molecular complexity index is 968. The van der Waals surface area contributed by atoms with Crippen LogP contribution in [0.3, 0.4) is 0 Å². The van der Waals surface area contributed by atoms with Gasteiger partial charge in [0, 0.05) is 35.7 Å². The molecule has 1 aromatic heterocycles. The molecular weight excluding hydrogens is 408 g/mol. The average Bonchev–Trinajstić information content (AvgIpc) is 3.28. The third kappa shape index (κ3) is 4.93. The maximum Gasteiger partial charge on any atom is 0.407 e. The minimum Gasteiger partial charge on any atom is -0.444 e. The molecule has 1 aromatic carbocycles. The lowest BCUT2D eigenvalue weighted by Crippen LogP contribution is -2.46. The van der Waals surface area contributed by atoms with E-state index in [1.165, 1.54) is 23.5 Å². The molecule has 1 saturated heterocycles. The topological polar surface area (TPSA) is 115 Å². The molecule has 9 nitrogen and oxygen atoms in total. The third-order valence-corrected chi connectivity index (χ3v) is 5.64. The highest BCUT2D eigenvalue weighted by Crippen LogP contribution is 2.28. The smallest absolute Gasteiger partial charge is 0.407 e.